The Morgan fingerprint density at radius 1 is 1.16 bits per heavy atom. The lowest BCUT2D eigenvalue weighted by Gasteiger charge is -2.45. The molecule has 5 nitrogen and oxygen atoms in total. The Morgan fingerprint density at radius 3 is 2.28 bits per heavy atom. The molecule has 2 aliphatic rings. The predicted molar refractivity (Wildman–Crippen MR) is 100 cm³/mol. The molecule has 0 spiro atoms. The number of carbonyl (C=O) groups is 1. The third kappa shape index (κ3) is 4.79. The van der Waals surface area contributed by atoms with Gasteiger partial charge in [-0.05, 0) is 68.7 Å². The van der Waals surface area contributed by atoms with Crippen LogP contribution in [-0.2, 0) is 4.79 Å². The van der Waals surface area contributed by atoms with Crippen molar-refractivity contribution in [2.75, 3.05) is 7.11 Å². The molecule has 0 radical (unpaired) electrons. The zero-order valence-corrected chi connectivity index (χ0v) is 15.8. The molecular weight excluding hydrogens is 340 g/mol. The summed E-state index contributed by atoms with van der Waals surface area (Å²) in [6.07, 6.45) is 5.12. The lowest BCUT2D eigenvalue weighted by atomic mass is 9.67. The molecule has 0 aromatic heterocycles. The SMILES string of the molecule is COc1ccc(OC(C)C(=O)NC2C3CCCC2CC(N)C3)cc1.Cl. The Hall–Kier alpha value is -1.46. The number of halogens is 1. The van der Waals surface area contributed by atoms with Crippen LogP contribution in [0.2, 0.25) is 0 Å². The van der Waals surface area contributed by atoms with Crippen molar-refractivity contribution in [2.45, 2.75) is 57.2 Å². The van der Waals surface area contributed by atoms with E-state index in [9.17, 15) is 4.79 Å². The number of hydrogen-bond donors (Lipinski definition) is 2. The highest BCUT2D eigenvalue weighted by molar-refractivity contribution is 5.85. The molecule has 0 saturated heterocycles. The second-order valence-electron chi connectivity index (χ2n) is 7.15. The van der Waals surface area contributed by atoms with Gasteiger partial charge in [-0.1, -0.05) is 6.42 Å². The number of amides is 1. The Morgan fingerprint density at radius 2 is 1.72 bits per heavy atom. The average molecular weight is 369 g/mol. The summed E-state index contributed by atoms with van der Waals surface area (Å²) in [4.78, 5) is 12.6. The van der Waals surface area contributed by atoms with Gasteiger partial charge in [0, 0.05) is 12.1 Å². The van der Waals surface area contributed by atoms with E-state index in [0.29, 0.717) is 23.6 Å². The van der Waals surface area contributed by atoms with Gasteiger partial charge >= 0.3 is 0 Å². The number of benzene rings is 1. The highest BCUT2D eigenvalue weighted by Crippen LogP contribution is 2.39. The van der Waals surface area contributed by atoms with Crippen LogP contribution in [0.3, 0.4) is 0 Å². The molecule has 1 amide bonds. The highest BCUT2D eigenvalue weighted by atomic mass is 35.5. The summed E-state index contributed by atoms with van der Waals surface area (Å²) in [5.41, 5.74) is 6.16. The molecule has 2 aliphatic carbocycles. The van der Waals surface area contributed by atoms with E-state index in [0.717, 1.165) is 18.6 Å². The van der Waals surface area contributed by atoms with Gasteiger partial charge in [0.1, 0.15) is 11.5 Å². The minimum absolute atomic E-state index is 0. The smallest absolute Gasteiger partial charge is 0.261 e. The van der Waals surface area contributed by atoms with Gasteiger partial charge in [0.15, 0.2) is 6.10 Å². The number of methoxy groups -OCH3 is 1. The van der Waals surface area contributed by atoms with Crippen molar-refractivity contribution in [1.82, 2.24) is 5.32 Å². The Labute approximate surface area is 156 Å². The van der Waals surface area contributed by atoms with Crippen LogP contribution >= 0.6 is 12.4 Å². The molecule has 3 N–H and O–H groups in total. The third-order valence-corrected chi connectivity index (χ3v) is 5.43. The largest absolute Gasteiger partial charge is 0.497 e. The fourth-order valence-electron chi connectivity index (χ4n) is 4.22. The van der Waals surface area contributed by atoms with Gasteiger partial charge in [-0.3, -0.25) is 4.79 Å². The number of hydrogen-bond acceptors (Lipinski definition) is 4. The van der Waals surface area contributed by atoms with Crippen molar-refractivity contribution >= 4 is 18.3 Å². The fourth-order valence-corrected chi connectivity index (χ4v) is 4.22. The first-order valence-corrected chi connectivity index (χ1v) is 8.93. The Kier molecular flexibility index (Phi) is 6.96. The first kappa shape index (κ1) is 19.9. The van der Waals surface area contributed by atoms with Crippen LogP contribution in [0.4, 0.5) is 0 Å². The van der Waals surface area contributed by atoms with E-state index in [1.807, 2.05) is 24.3 Å². The first-order chi connectivity index (χ1) is 11.6. The molecule has 2 fully saturated rings. The van der Waals surface area contributed by atoms with E-state index in [-0.39, 0.29) is 24.4 Å². The van der Waals surface area contributed by atoms with Crippen LogP contribution in [-0.4, -0.2) is 31.2 Å². The monoisotopic (exact) mass is 368 g/mol. The highest BCUT2D eigenvalue weighted by Gasteiger charge is 2.40. The van der Waals surface area contributed by atoms with E-state index >= 15 is 0 Å². The maximum Gasteiger partial charge on any atom is 0.261 e. The van der Waals surface area contributed by atoms with E-state index in [4.69, 9.17) is 15.2 Å². The fraction of sp³-hybridized carbons (Fsp3) is 0.632. The maximum atomic E-state index is 12.6. The summed E-state index contributed by atoms with van der Waals surface area (Å²) in [5.74, 6) is 2.44. The van der Waals surface area contributed by atoms with Crippen molar-refractivity contribution in [3.8, 4) is 11.5 Å². The minimum Gasteiger partial charge on any atom is -0.497 e. The van der Waals surface area contributed by atoms with Crippen LogP contribution in [0, 0.1) is 11.8 Å². The van der Waals surface area contributed by atoms with Gasteiger partial charge < -0.3 is 20.5 Å². The van der Waals surface area contributed by atoms with Crippen LogP contribution in [0.15, 0.2) is 24.3 Å². The van der Waals surface area contributed by atoms with E-state index in [2.05, 4.69) is 5.32 Å². The van der Waals surface area contributed by atoms with Crippen molar-refractivity contribution in [3.63, 3.8) is 0 Å². The Balaban J connectivity index is 0.00000225. The minimum atomic E-state index is -0.519. The molecule has 0 aliphatic heterocycles. The molecule has 2 bridgehead atoms. The predicted octanol–water partition coefficient (Wildman–Crippen LogP) is 2.91. The molecule has 140 valence electrons. The lowest BCUT2D eigenvalue weighted by molar-refractivity contribution is -0.129. The Bertz CT molecular complexity index is 552. The standard InChI is InChI=1S/C19H28N2O3.ClH/c1-12(24-17-8-6-16(23-2)7-9-17)19(22)21-18-13-4-3-5-14(18)11-15(20)10-13;/h6-9,12-15,18H,3-5,10-11,20H2,1-2H3,(H,21,22);1H. The number of nitrogens with one attached hydrogen (secondary N) is 1. The number of ether oxygens (including phenoxy) is 2. The maximum absolute atomic E-state index is 12.6. The third-order valence-electron chi connectivity index (χ3n) is 5.43. The summed E-state index contributed by atoms with van der Waals surface area (Å²) in [7, 11) is 1.62. The van der Waals surface area contributed by atoms with Crippen LogP contribution in [0.25, 0.3) is 0 Å². The number of nitrogens with two attached hydrogens (primary N) is 1. The molecule has 3 unspecified atom stereocenters. The average Bonchev–Trinajstić information content (AvgIpc) is 2.56. The molecule has 3 rings (SSSR count). The number of rotatable bonds is 5. The number of carbonyl (C=O) groups excluding carboxylic acids is 1. The van der Waals surface area contributed by atoms with Gasteiger partial charge in [0.05, 0.1) is 7.11 Å². The lowest BCUT2D eigenvalue weighted by Crippen LogP contribution is -2.55. The summed E-state index contributed by atoms with van der Waals surface area (Å²) >= 11 is 0. The molecule has 6 heteroatoms. The normalized spacial score (nSPS) is 29.1. The molecule has 2 saturated carbocycles. The molecule has 1 aromatic carbocycles. The van der Waals surface area contributed by atoms with Crippen molar-refractivity contribution < 1.29 is 14.3 Å². The summed E-state index contributed by atoms with van der Waals surface area (Å²) in [5, 5.41) is 3.24. The zero-order valence-electron chi connectivity index (χ0n) is 14.9. The van der Waals surface area contributed by atoms with Crippen molar-refractivity contribution in [1.29, 1.82) is 0 Å². The molecule has 0 heterocycles. The molecule has 25 heavy (non-hydrogen) atoms. The molecule has 3 atom stereocenters. The van der Waals surface area contributed by atoms with Crippen molar-refractivity contribution in [3.05, 3.63) is 24.3 Å². The van der Waals surface area contributed by atoms with Crippen LogP contribution < -0.4 is 20.5 Å². The van der Waals surface area contributed by atoms with E-state index in [1.54, 1.807) is 14.0 Å². The topological polar surface area (TPSA) is 73.6 Å². The zero-order chi connectivity index (χ0) is 17.1. The quantitative estimate of drug-likeness (QED) is 0.838. The second-order valence-corrected chi connectivity index (χ2v) is 7.15. The van der Waals surface area contributed by atoms with E-state index < -0.39 is 6.10 Å². The van der Waals surface area contributed by atoms with Gasteiger partial charge in [0.2, 0.25) is 0 Å². The van der Waals surface area contributed by atoms with Gasteiger partial charge in [-0.15, -0.1) is 12.4 Å². The number of fused-ring (bicyclic) bond motifs is 2. The molecular formula is C19H29ClN2O3. The van der Waals surface area contributed by atoms with E-state index in [1.165, 1.54) is 19.3 Å². The van der Waals surface area contributed by atoms with Crippen LogP contribution in [0.5, 0.6) is 11.5 Å². The van der Waals surface area contributed by atoms with Crippen molar-refractivity contribution in [2.24, 2.45) is 17.6 Å². The summed E-state index contributed by atoms with van der Waals surface area (Å²) < 4.78 is 10.9. The summed E-state index contributed by atoms with van der Waals surface area (Å²) in [6.45, 7) is 1.80. The first-order valence-electron chi connectivity index (χ1n) is 8.93. The van der Waals surface area contributed by atoms with Crippen LogP contribution in [0.1, 0.15) is 39.0 Å². The molecule has 1 aromatic rings. The van der Waals surface area contributed by atoms with Gasteiger partial charge in [0.25, 0.3) is 5.91 Å². The van der Waals surface area contributed by atoms with Gasteiger partial charge in [-0.2, -0.15) is 0 Å². The second kappa shape index (κ2) is 8.77. The van der Waals surface area contributed by atoms with Gasteiger partial charge in [-0.25, -0.2) is 0 Å². The summed E-state index contributed by atoms with van der Waals surface area (Å²) in [6, 6.07) is 7.84.